The number of hydrogen-bond acceptors (Lipinski definition) is 4. The molecule has 0 aliphatic heterocycles. The van der Waals surface area contributed by atoms with Crippen LogP contribution in [0.15, 0.2) is 59.5 Å². The van der Waals surface area contributed by atoms with E-state index in [4.69, 9.17) is 4.98 Å². The Kier molecular flexibility index (Phi) is 5.72. The van der Waals surface area contributed by atoms with Crippen molar-refractivity contribution in [3.8, 4) is 0 Å². The Morgan fingerprint density at radius 1 is 1.04 bits per heavy atom. The molecule has 0 aliphatic rings. The van der Waals surface area contributed by atoms with Crippen LogP contribution in [-0.2, 0) is 10.0 Å². The minimum atomic E-state index is -3.72. The van der Waals surface area contributed by atoms with Crippen molar-refractivity contribution < 1.29 is 8.42 Å². The molecule has 2 aromatic carbocycles. The molecule has 0 bridgehead atoms. The Labute approximate surface area is 168 Å². The third-order valence-corrected chi connectivity index (χ3v) is 6.46. The summed E-state index contributed by atoms with van der Waals surface area (Å²) in [6.45, 7) is 2.24. The number of benzene rings is 2. The van der Waals surface area contributed by atoms with E-state index in [9.17, 15) is 8.42 Å². The Bertz CT molecular complexity index is 1050. The summed E-state index contributed by atoms with van der Waals surface area (Å²) in [5.41, 5.74) is 2.41. The van der Waals surface area contributed by atoms with Crippen LogP contribution < -0.4 is 9.21 Å². The van der Waals surface area contributed by atoms with Crippen LogP contribution in [0.3, 0.4) is 0 Å². The first kappa shape index (κ1) is 19.6. The second-order valence-corrected chi connectivity index (χ2v) is 9.15. The minimum absolute atomic E-state index is 0.270. The van der Waals surface area contributed by atoms with Crippen LogP contribution in [0.4, 0.5) is 11.5 Å². The number of fused-ring (bicyclic) bond motifs is 1. The highest BCUT2D eigenvalue weighted by Gasteiger charge is 2.28. The molecule has 0 unspecified atom stereocenters. The largest absolute Gasteiger partial charge is 0.361 e. The van der Waals surface area contributed by atoms with Crippen molar-refractivity contribution in [2.24, 2.45) is 0 Å². The summed E-state index contributed by atoms with van der Waals surface area (Å²) < 4.78 is 28.2. The van der Waals surface area contributed by atoms with Crippen LogP contribution in [0.25, 0.3) is 10.9 Å². The van der Waals surface area contributed by atoms with Gasteiger partial charge in [0.15, 0.2) is 5.82 Å². The van der Waals surface area contributed by atoms with E-state index in [0.29, 0.717) is 23.4 Å². The highest BCUT2D eigenvalue weighted by molar-refractivity contribution is 9.09. The quantitative estimate of drug-likeness (QED) is 0.531. The molecule has 0 saturated carbocycles. The molecule has 0 spiro atoms. The van der Waals surface area contributed by atoms with E-state index in [0.717, 1.165) is 16.5 Å². The van der Waals surface area contributed by atoms with Crippen LogP contribution in [0.5, 0.6) is 0 Å². The highest BCUT2D eigenvalue weighted by Crippen LogP contribution is 2.34. The van der Waals surface area contributed by atoms with Crippen molar-refractivity contribution in [3.63, 3.8) is 0 Å². The Morgan fingerprint density at radius 2 is 1.70 bits per heavy atom. The number of para-hydroxylation sites is 1. The lowest BCUT2D eigenvalue weighted by Gasteiger charge is -2.28. The van der Waals surface area contributed by atoms with E-state index >= 15 is 0 Å². The van der Waals surface area contributed by atoms with Gasteiger partial charge in [-0.3, -0.25) is 4.31 Å². The number of pyridine rings is 1. The van der Waals surface area contributed by atoms with E-state index in [1.54, 1.807) is 12.1 Å². The second kappa shape index (κ2) is 7.86. The fourth-order valence-corrected chi connectivity index (χ4v) is 4.94. The molecule has 0 N–H and O–H groups in total. The van der Waals surface area contributed by atoms with Crippen molar-refractivity contribution in [2.45, 2.75) is 11.8 Å². The average Bonchev–Trinajstić information content (AvgIpc) is 2.65. The molecule has 27 heavy (non-hydrogen) atoms. The average molecular weight is 448 g/mol. The third-order valence-electron chi connectivity index (χ3n) is 4.27. The predicted molar refractivity (Wildman–Crippen MR) is 116 cm³/mol. The fourth-order valence-electron chi connectivity index (χ4n) is 2.89. The predicted octanol–water partition coefficient (Wildman–Crippen LogP) is 4.20. The van der Waals surface area contributed by atoms with Gasteiger partial charge in [-0.2, -0.15) is 0 Å². The molecule has 0 amide bonds. The SMILES string of the molecule is Cc1ccc(S(=O)(=O)N(CCBr)c2cc3ccccc3nc2N(C)C)cc1. The van der Waals surface area contributed by atoms with Gasteiger partial charge >= 0.3 is 0 Å². The zero-order valence-electron chi connectivity index (χ0n) is 15.6. The van der Waals surface area contributed by atoms with Gasteiger partial charge in [0.05, 0.1) is 16.1 Å². The number of alkyl halides is 1. The van der Waals surface area contributed by atoms with Crippen molar-refractivity contribution in [1.82, 2.24) is 4.98 Å². The number of rotatable bonds is 6. The molecule has 142 valence electrons. The molecular weight excluding hydrogens is 426 g/mol. The molecule has 0 fully saturated rings. The van der Waals surface area contributed by atoms with Crippen molar-refractivity contribution >= 4 is 48.4 Å². The number of hydrogen-bond donors (Lipinski definition) is 0. The smallest absolute Gasteiger partial charge is 0.264 e. The second-order valence-electron chi connectivity index (χ2n) is 6.50. The lowest BCUT2D eigenvalue weighted by atomic mass is 10.2. The lowest BCUT2D eigenvalue weighted by Crippen LogP contribution is -2.34. The zero-order valence-corrected chi connectivity index (χ0v) is 18.0. The monoisotopic (exact) mass is 447 g/mol. The maximum absolute atomic E-state index is 13.4. The molecule has 1 aromatic heterocycles. The van der Waals surface area contributed by atoms with Crippen molar-refractivity contribution in [2.75, 3.05) is 35.2 Å². The first-order chi connectivity index (χ1) is 12.8. The summed E-state index contributed by atoms with van der Waals surface area (Å²) in [7, 11) is 0.0119. The first-order valence-corrected chi connectivity index (χ1v) is 11.1. The van der Waals surface area contributed by atoms with Gasteiger partial charge in [-0.15, -0.1) is 0 Å². The number of aromatic nitrogens is 1. The molecule has 3 aromatic rings. The maximum Gasteiger partial charge on any atom is 0.264 e. The van der Waals surface area contributed by atoms with Crippen LogP contribution in [-0.4, -0.2) is 39.4 Å². The minimum Gasteiger partial charge on any atom is -0.361 e. The first-order valence-electron chi connectivity index (χ1n) is 8.57. The zero-order chi connectivity index (χ0) is 19.6. The normalized spacial score (nSPS) is 11.6. The molecule has 0 saturated heterocycles. The highest BCUT2D eigenvalue weighted by atomic mass is 79.9. The fraction of sp³-hybridized carbons (Fsp3) is 0.250. The summed E-state index contributed by atoms with van der Waals surface area (Å²) in [4.78, 5) is 6.81. The van der Waals surface area contributed by atoms with Gasteiger partial charge in [-0.1, -0.05) is 51.8 Å². The Morgan fingerprint density at radius 3 is 2.33 bits per heavy atom. The van der Waals surface area contributed by atoms with Crippen molar-refractivity contribution in [3.05, 3.63) is 60.2 Å². The molecule has 7 heteroatoms. The van der Waals surface area contributed by atoms with E-state index in [1.807, 2.05) is 68.4 Å². The molecule has 0 atom stereocenters. The molecular formula is C20H22BrN3O2S. The van der Waals surface area contributed by atoms with E-state index in [1.165, 1.54) is 4.31 Å². The Balaban J connectivity index is 2.22. The number of anilines is 2. The van der Waals surface area contributed by atoms with Crippen LogP contribution in [0.1, 0.15) is 5.56 Å². The summed E-state index contributed by atoms with van der Waals surface area (Å²) in [5, 5.41) is 1.41. The van der Waals surface area contributed by atoms with Crippen molar-refractivity contribution in [1.29, 1.82) is 0 Å². The molecule has 0 aliphatic carbocycles. The van der Waals surface area contributed by atoms with Gasteiger partial charge in [0.2, 0.25) is 0 Å². The maximum atomic E-state index is 13.4. The van der Waals surface area contributed by atoms with Gasteiger partial charge in [0, 0.05) is 31.4 Å². The summed E-state index contributed by atoms with van der Waals surface area (Å²) in [6.07, 6.45) is 0. The van der Waals surface area contributed by atoms with Crippen LogP contribution >= 0.6 is 15.9 Å². The lowest BCUT2D eigenvalue weighted by molar-refractivity contribution is 0.592. The van der Waals surface area contributed by atoms with Crippen LogP contribution in [0, 0.1) is 6.92 Å². The molecule has 1 heterocycles. The molecule has 0 radical (unpaired) electrons. The molecule has 3 rings (SSSR count). The standard InChI is InChI=1S/C20H22BrN3O2S/c1-15-8-10-17(11-9-15)27(25,26)24(13-12-21)19-14-16-6-4-5-7-18(16)22-20(19)23(2)3/h4-11,14H,12-13H2,1-3H3. The van der Waals surface area contributed by atoms with Gasteiger partial charge in [-0.25, -0.2) is 13.4 Å². The molecule has 5 nitrogen and oxygen atoms in total. The van der Waals surface area contributed by atoms with Gasteiger partial charge in [0.1, 0.15) is 0 Å². The van der Waals surface area contributed by atoms with Gasteiger partial charge in [0.25, 0.3) is 10.0 Å². The number of aryl methyl sites for hydroxylation is 1. The Hall–Kier alpha value is -2.12. The number of halogens is 1. The topological polar surface area (TPSA) is 53.5 Å². The summed E-state index contributed by atoms with van der Waals surface area (Å²) >= 11 is 3.40. The third kappa shape index (κ3) is 3.94. The van der Waals surface area contributed by atoms with Gasteiger partial charge in [-0.05, 0) is 31.2 Å². The van der Waals surface area contributed by atoms with Gasteiger partial charge < -0.3 is 4.90 Å². The number of nitrogens with zero attached hydrogens (tertiary/aromatic N) is 3. The van der Waals surface area contributed by atoms with E-state index < -0.39 is 10.0 Å². The van der Waals surface area contributed by atoms with Crippen LogP contribution in [0.2, 0.25) is 0 Å². The summed E-state index contributed by atoms with van der Waals surface area (Å²) in [6, 6.07) is 16.5. The number of sulfonamides is 1. The summed E-state index contributed by atoms with van der Waals surface area (Å²) in [5.74, 6) is 0.616. The van der Waals surface area contributed by atoms with E-state index in [-0.39, 0.29) is 4.90 Å². The van der Waals surface area contributed by atoms with E-state index in [2.05, 4.69) is 15.9 Å².